The van der Waals surface area contributed by atoms with Crippen molar-refractivity contribution in [2.45, 2.75) is 113 Å². The highest BCUT2D eigenvalue weighted by molar-refractivity contribution is 8.02. The molecule has 0 aliphatic heterocycles. The first-order chi connectivity index (χ1) is 14.7. The van der Waals surface area contributed by atoms with Gasteiger partial charge in [0.15, 0.2) is 4.34 Å². The Balaban J connectivity index is 1.49. The fourth-order valence-corrected chi connectivity index (χ4v) is 6.07. The van der Waals surface area contributed by atoms with Crippen LogP contribution >= 0.6 is 23.1 Å². The number of hydrogen-bond donors (Lipinski definition) is 1. The average molecular weight is 450 g/mol. The lowest BCUT2D eigenvalue weighted by atomic mass is 10.0. The third kappa shape index (κ3) is 10.3. The van der Waals surface area contributed by atoms with Gasteiger partial charge in [0.25, 0.3) is 0 Å². The van der Waals surface area contributed by atoms with E-state index in [1.165, 1.54) is 88.8 Å². The zero-order chi connectivity index (χ0) is 21.4. The van der Waals surface area contributed by atoms with Gasteiger partial charge >= 0.3 is 5.97 Å². The van der Waals surface area contributed by atoms with Crippen LogP contribution in [0.2, 0.25) is 0 Å². The Labute approximate surface area is 191 Å². The van der Waals surface area contributed by atoms with Crippen LogP contribution in [0, 0.1) is 0 Å². The van der Waals surface area contributed by atoms with Crippen molar-refractivity contribution in [3.63, 3.8) is 0 Å². The summed E-state index contributed by atoms with van der Waals surface area (Å²) in [5.41, 5.74) is 0.964. The number of nitrogens with zero attached hydrogens (tertiary/aromatic N) is 1. The third-order valence-electron chi connectivity index (χ3n) is 5.61. The highest BCUT2D eigenvalue weighted by Gasteiger charge is 2.20. The number of fused-ring (bicyclic) bond motifs is 1. The fourth-order valence-electron chi connectivity index (χ4n) is 3.78. The molecule has 1 aromatic carbocycles. The number of thioether (sulfide) groups is 1. The molecule has 0 aliphatic carbocycles. The summed E-state index contributed by atoms with van der Waals surface area (Å²) in [6, 6.07) is 8.00. The second-order valence-electron chi connectivity index (χ2n) is 8.28. The summed E-state index contributed by atoms with van der Waals surface area (Å²) in [5.74, 6) is -0.714. The van der Waals surface area contributed by atoms with Crippen LogP contribution in [-0.4, -0.2) is 21.3 Å². The van der Waals surface area contributed by atoms with Gasteiger partial charge in [-0.2, -0.15) is 0 Å². The lowest BCUT2D eigenvalue weighted by Crippen LogP contribution is -2.16. The van der Waals surface area contributed by atoms with Crippen LogP contribution in [-0.2, 0) is 4.79 Å². The van der Waals surface area contributed by atoms with E-state index in [0.29, 0.717) is 0 Å². The summed E-state index contributed by atoms with van der Waals surface area (Å²) in [6.07, 6.45) is 19.2. The maximum Gasteiger partial charge on any atom is 0.317 e. The Morgan fingerprint density at radius 1 is 0.900 bits per heavy atom. The number of carboxylic acid groups (broad SMARTS) is 1. The van der Waals surface area contributed by atoms with E-state index in [1.54, 1.807) is 11.3 Å². The Hall–Kier alpha value is -1.07. The lowest BCUT2D eigenvalue weighted by molar-refractivity contribution is -0.136. The first-order valence-corrected chi connectivity index (χ1v) is 13.7. The van der Waals surface area contributed by atoms with E-state index < -0.39 is 5.97 Å². The Morgan fingerprint density at radius 3 is 1.97 bits per heavy atom. The second kappa shape index (κ2) is 15.7. The lowest BCUT2D eigenvalue weighted by Gasteiger charge is -2.10. The van der Waals surface area contributed by atoms with Crippen LogP contribution in [0.15, 0.2) is 28.6 Å². The summed E-state index contributed by atoms with van der Waals surface area (Å²) in [6.45, 7) is 2.27. The van der Waals surface area contributed by atoms with Crippen LogP contribution < -0.4 is 0 Å². The minimum absolute atomic E-state index is 0.386. The fraction of sp³-hybridized carbons (Fsp3) is 0.680. The molecule has 5 heteroatoms. The summed E-state index contributed by atoms with van der Waals surface area (Å²) in [7, 11) is 0. The van der Waals surface area contributed by atoms with Crippen LogP contribution in [0.5, 0.6) is 0 Å². The van der Waals surface area contributed by atoms with Gasteiger partial charge in [0, 0.05) is 0 Å². The smallest absolute Gasteiger partial charge is 0.317 e. The van der Waals surface area contributed by atoms with Crippen molar-refractivity contribution in [3.8, 4) is 0 Å². The zero-order valence-electron chi connectivity index (χ0n) is 18.6. The van der Waals surface area contributed by atoms with Crippen molar-refractivity contribution in [1.29, 1.82) is 0 Å². The van der Waals surface area contributed by atoms with Gasteiger partial charge in [0.05, 0.1) is 10.2 Å². The predicted octanol–water partition coefficient (Wildman–Crippen LogP) is 8.71. The number of carbonyl (C=O) groups is 1. The molecule has 2 rings (SSSR count). The zero-order valence-corrected chi connectivity index (χ0v) is 20.2. The topological polar surface area (TPSA) is 50.2 Å². The highest BCUT2D eigenvalue weighted by Crippen LogP contribution is 2.33. The van der Waals surface area contributed by atoms with E-state index in [0.717, 1.165) is 33.8 Å². The van der Waals surface area contributed by atoms with E-state index in [9.17, 15) is 9.90 Å². The van der Waals surface area contributed by atoms with E-state index >= 15 is 0 Å². The molecule has 0 fully saturated rings. The molecule has 1 aromatic heterocycles. The minimum Gasteiger partial charge on any atom is -0.480 e. The first kappa shape index (κ1) is 25.2. The number of rotatable bonds is 18. The average Bonchev–Trinajstić information content (AvgIpc) is 3.15. The summed E-state index contributed by atoms with van der Waals surface area (Å²) in [5, 5.41) is 9.18. The van der Waals surface area contributed by atoms with Gasteiger partial charge < -0.3 is 5.11 Å². The molecule has 0 spiro atoms. The van der Waals surface area contributed by atoms with Crippen LogP contribution in [0.3, 0.4) is 0 Å². The molecule has 0 radical (unpaired) electrons. The van der Waals surface area contributed by atoms with Gasteiger partial charge in [-0.1, -0.05) is 121 Å². The normalized spacial score (nSPS) is 12.4. The molecule has 0 aliphatic rings. The van der Waals surface area contributed by atoms with Gasteiger partial charge in [0.2, 0.25) is 0 Å². The molecule has 30 heavy (non-hydrogen) atoms. The Bertz CT molecular complexity index is 683. The molecule has 168 valence electrons. The van der Waals surface area contributed by atoms with Crippen molar-refractivity contribution in [2.75, 3.05) is 0 Å². The molecule has 0 bridgehead atoms. The molecule has 0 saturated heterocycles. The van der Waals surface area contributed by atoms with Crippen LogP contribution in [0.4, 0.5) is 0 Å². The predicted molar refractivity (Wildman–Crippen MR) is 132 cm³/mol. The van der Waals surface area contributed by atoms with Crippen LogP contribution in [0.25, 0.3) is 10.2 Å². The monoisotopic (exact) mass is 449 g/mol. The SMILES string of the molecule is CCCCCCCCCCCCCCCCC(Sc1nc2ccccc2s1)C(=O)O. The molecule has 3 nitrogen and oxygen atoms in total. The quantitative estimate of drug-likeness (QED) is 0.183. The molecular weight excluding hydrogens is 410 g/mol. The van der Waals surface area contributed by atoms with E-state index in [1.807, 2.05) is 24.3 Å². The number of benzene rings is 1. The van der Waals surface area contributed by atoms with Crippen molar-refractivity contribution >= 4 is 39.3 Å². The van der Waals surface area contributed by atoms with Crippen molar-refractivity contribution < 1.29 is 9.90 Å². The molecule has 0 amide bonds. The van der Waals surface area contributed by atoms with Crippen LogP contribution in [0.1, 0.15) is 103 Å². The van der Waals surface area contributed by atoms with Crippen molar-refractivity contribution in [1.82, 2.24) is 4.98 Å². The van der Waals surface area contributed by atoms with E-state index in [-0.39, 0.29) is 5.25 Å². The van der Waals surface area contributed by atoms with E-state index in [4.69, 9.17) is 0 Å². The maximum absolute atomic E-state index is 11.6. The van der Waals surface area contributed by atoms with Gasteiger partial charge in [-0.25, -0.2) is 4.98 Å². The summed E-state index contributed by atoms with van der Waals surface area (Å²) < 4.78 is 1.99. The Morgan fingerprint density at radius 2 is 1.43 bits per heavy atom. The first-order valence-electron chi connectivity index (χ1n) is 12.0. The molecule has 1 N–H and O–H groups in total. The van der Waals surface area contributed by atoms with Gasteiger partial charge in [-0.05, 0) is 18.6 Å². The van der Waals surface area contributed by atoms with Gasteiger partial charge in [-0.15, -0.1) is 11.3 Å². The van der Waals surface area contributed by atoms with Crippen molar-refractivity contribution in [2.24, 2.45) is 0 Å². The number of aromatic nitrogens is 1. The summed E-state index contributed by atoms with van der Waals surface area (Å²) >= 11 is 3.01. The van der Waals surface area contributed by atoms with E-state index in [2.05, 4.69) is 11.9 Å². The van der Waals surface area contributed by atoms with Gasteiger partial charge in [0.1, 0.15) is 5.25 Å². The molecular formula is C25H39NO2S2. The number of aliphatic carboxylic acids is 1. The highest BCUT2D eigenvalue weighted by atomic mass is 32.2. The Kier molecular flexibility index (Phi) is 13.2. The minimum atomic E-state index is -0.714. The number of carboxylic acids is 1. The number of para-hydroxylation sites is 1. The molecule has 1 heterocycles. The third-order valence-corrected chi connectivity index (χ3v) is 8.00. The van der Waals surface area contributed by atoms with Crippen molar-refractivity contribution in [3.05, 3.63) is 24.3 Å². The van der Waals surface area contributed by atoms with Gasteiger partial charge in [-0.3, -0.25) is 4.79 Å². The second-order valence-corrected chi connectivity index (χ2v) is 10.8. The number of unbranched alkanes of at least 4 members (excludes halogenated alkanes) is 13. The molecule has 1 unspecified atom stereocenters. The molecule has 2 aromatic rings. The molecule has 0 saturated carbocycles. The standard InChI is InChI=1S/C25H39NO2S2/c1-2-3-4-5-6-7-8-9-10-11-12-13-14-15-20-23(24(27)28)30-25-26-21-18-16-17-19-22(21)29-25/h16-19,23H,2-15,20H2,1H3,(H,27,28). The largest absolute Gasteiger partial charge is 0.480 e. The number of thiazole rings is 1. The maximum atomic E-state index is 11.6. The molecule has 1 atom stereocenters. The summed E-state index contributed by atoms with van der Waals surface area (Å²) in [4.78, 5) is 16.2. The number of hydrogen-bond acceptors (Lipinski definition) is 4.